The van der Waals surface area contributed by atoms with Gasteiger partial charge in [0.25, 0.3) is 5.56 Å². The van der Waals surface area contributed by atoms with Crippen LogP contribution in [0.25, 0.3) is 10.9 Å². The molecular formula is C18H19N5O. The average Bonchev–Trinajstić information content (AvgIpc) is 2.64. The summed E-state index contributed by atoms with van der Waals surface area (Å²) in [5.41, 5.74) is 1.00. The van der Waals surface area contributed by atoms with Crippen molar-refractivity contribution in [2.24, 2.45) is 5.92 Å². The zero-order chi connectivity index (χ0) is 16.4. The van der Waals surface area contributed by atoms with Crippen LogP contribution in [0.15, 0.2) is 54.0 Å². The number of para-hydroxylation sites is 1. The SMILES string of the molecule is O=c1ccncn1CC1CCN(c2ncnc3ccccc23)CC1. The molecule has 1 saturated heterocycles. The summed E-state index contributed by atoms with van der Waals surface area (Å²) in [5, 5.41) is 1.10. The van der Waals surface area contributed by atoms with Gasteiger partial charge in [-0.2, -0.15) is 0 Å². The van der Waals surface area contributed by atoms with Gasteiger partial charge in [-0.3, -0.25) is 9.36 Å². The van der Waals surface area contributed by atoms with Crippen LogP contribution in [0.5, 0.6) is 0 Å². The highest BCUT2D eigenvalue weighted by Crippen LogP contribution is 2.27. The summed E-state index contributed by atoms with van der Waals surface area (Å²) in [4.78, 5) is 27.0. The van der Waals surface area contributed by atoms with Crippen LogP contribution in [0.4, 0.5) is 5.82 Å². The second kappa shape index (κ2) is 6.39. The summed E-state index contributed by atoms with van der Waals surface area (Å²) in [6.07, 6.45) is 6.90. The van der Waals surface area contributed by atoms with Crippen LogP contribution in [0.2, 0.25) is 0 Å². The van der Waals surface area contributed by atoms with Gasteiger partial charge in [-0.15, -0.1) is 0 Å². The summed E-state index contributed by atoms with van der Waals surface area (Å²) < 4.78 is 1.71. The first-order chi connectivity index (χ1) is 11.8. The van der Waals surface area contributed by atoms with Gasteiger partial charge in [0.2, 0.25) is 0 Å². The van der Waals surface area contributed by atoms with Crippen LogP contribution in [0.1, 0.15) is 12.8 Å². The molecular weight excluding hydrogens is 302 g/mol. The second-order valence-electron chi connectivity index (χ2n) is 6.22. The van der Waals surface area contributed by atoms with Crippen molar-refractivity contribution in [3.05, 3.63) is 59.5 Å². The van der Waals surface area contributed by atoms with Crippen LogP contribution >= 0.6 is 0 Å². The van der Waals surface area contributed by atoms with E-state index in [1.807, 2.05) is 18.2 Å². The molecule has 0 saturated carbocycles. The van der Waals surface area contributed by atoms with E-state index in [1.165, 1.54) is 6.07 Å². The van der Waals surface area contributed by atoms with Gasteiger partial charge in [0.1, 0.15) is 12.1 Å². The molecule has 0 amide bonds. The maximum atomic E-state index is 11.8. The van der Waals surface area contributed by atoms with Crippen molar-refractivity contribution in [1.29, 1.82) is 0 Å². The van der Waals surface area contributed by atoms with E-state index < -0.39 is 0 Å². The molecule has 2 aromatic heterocycles. The molecule has 122 valence electrons. The lowest BCUT2D eigenvalue weighted by molar-refractivity contribution is 0.350. The Morgan fingerprint density at radius 3 is 2.75 bits per heavy atom. The Hall–Kier alpha value is -2.76. The Morgan fingerprint density at radius 1 is 1.08 bits per heavy atom. The predicted octanol–water partition coefficient (Wildman–Crippen LogP) is 2.10. The Bertz CT molecular complexity index is 894. The Morgan fingerprint density at radius 2 is 1.92 bits per heavy atom. The number of hydrogen-bond donors (Lipinski definition) is 0. The number of rotatable bonds is 3. The van der Waals surface area contributed by atoms with E-state index in [4.69, 9.17) is 0 Å². The normalized spacial score (nSPS) is 15.8. The number of anilines is 1. The molecule has 1 aliphatic rings. The average molecular weight is 321 g/mol. The predicted molar refractivity (Wildman–Crippen MR) is 93.0 cm³/mol. The molecule has 24 heavy (non-hydrogen) atoms. The smallest absolute Gasteiger partial charge is 0.253 e. The maximum absolute atomic E-state index is 11.8. The van der Waals surface area contributed by atoms with Gasteiger partial charge in [-0.1, -0.05) is 12.1 Å². The molecule has 0 radical (unpaired) electrons. The third-order valence-corrected chi connectivity index (χ3v) is 4.68. The Balaban J connectivity index is 1.48. The molecule has 0 bridgehead atoms. The van der Waals surface area contributed by atoms with E-state index in [0.717, 1.165) is 49.2 Å². The quantitative estimate of drug-likeness (QED) is 0.739. The maximum Gasteiger partial charge on any atom is 0.253 e. The first kappa shape index (κ1) is 14.8. The van der Waals surface area contributed by atoms with Gasteiger partial charge in [-0.05, 0) is 30.9 Å². The van der Waals surface area contributed by atoms with Gasteiger partial charge in [0.05, 0.1) is 11.8 Å². The van der Waals surface area contributed by atoms with Crippen LogP contribution in [-0.4, -0.2) is 32.6 Å². The van der Waals surface area contributed by atoms with Crippen molar-refractivity contribution in [2.75, 3.05) is 18.0 Å². The molecule has 6 nitrogen and oxygen atoms in total. The molecule has 1 fully saturated rings. The van der Waals surface area contributed by atoms with Crippen molar-refractivity contribution >= 4 is 16.7 Å². The van der Waals surface area contributed by atoms with E-state index in [9.17, 15) is 4.79 Å². The molecule has 0 atom stereocenters. The van der Waals surface area contributed by atoms with Crippen molar-refractivity contribution in [2.45, 2.75) is 19.4 Å². The zero-order valence-corrected chi connectivity index (χ0v) is 13.4. The lowest BCUT2D eigenvalue weighted by atomic mass is 9.96. The fourth-order valence-corrected chi connectivity index (χ4v) is 3.36. The minimum atomic E-state index is 0.0224. The minimum Gasteiger partial charge on any atom is -0.356 e. The van der Waals surface area contributed by atoms with Crippen molar-refractivity contribution in [3.63, 3.8) is 0 Å². The van der Waals surface area contributed by atoms with Gasteiger partial charge in [0.15, 0.2) is 0 Å². The van der Waals surface area contributed by atoms with Crippen LogP contribution in [-0.2, 0) is 6.54 Å². The summed E-state index contributed by atoms with van der Waals surface area (Å²) in [6.45, 7) is 2.63. The van der Waals surface area contributed by atoms with Crippen molar-refractivity contribution in [1.82, 2.24) is 19.5 Å². The van der Waals surface area contributed by atoms with Gasteiger partial charge in [-0.25, -0.2) is 15.0 Å². The molecule has 3 heterocycles. The van der Waals surface area contributed by atoms with E-state index in [-0.39, 0.29) is 5.56 Å². The van der Waals surface area contributed by atoms with E-state index in [1.54, 1.807) is 23.4 Å². The number of hydrogen-bond acceptors (Lipinski definition) is 5. The number of benzene rings is 1. The molecule has 6 heteroatoms. The highest BCUT2D eigenvalue weighted by molar-refractivity contribution is 5.89. The largest absolute Gasteiger partial charge is 0.356 e. The molecule has 3 aromatic rings. The third kappa shape index (κ3) is 2.87. The third-order valence-electron chi connectivity index (χ3n) is 4.68. The standard InChI is InChI=1S/C18H19N5O/c24-17-5-8-19-13-23(17)11-14-6-9-22(10-7-14)18-15-3-1-2-4-16(15)20-12-21-18/h1-5,8,12-14H,6-7,9-11H2. The first-order valence-electron chi connectivity index (χ1n) is 8.26. The van der Waals surface area contributed by atoms with Gasteiger partial charge in [0, 0.05) is 37.3 Å². The van der Waals surface area contributed by atoms with E-state index >= 15 is 0 Å². The van der Waals surface area contributed by atoms with Crippen LogP contribution in [0, 0.1) is 5.92 Å². The molecule has 0 aliphatic carbocycles. The summed E-state index contributed by atoms with van der Waals surface area (Å²) in [5.74, 6) is 1.51. The number of aromatic nitrogens is 4. The van der Waals surface area contributed by atoms with Crippen LogP contribution in [0.3, 0.4) is 0 Å². The Kier molecular flexibility index (Phi) is 3.94. The second-order valence-corrected chi connectivity index (χ2v) is 6.22. The molecule has 1 aliphatic heterocycles. The molecule has 0 unspecified atom stereocenters. The van der Waals surface area contributed by atoms with E-state index in [0.29, 0.717) is 5.92 Å². The lowest BCUT2D eigenvalue weighted by Gasteiger charge is -2.33. The van der Waals surface area contributed by atoms with Crippen molar-refractivity contribution in [3.8, 4) is 0 Å². The zero-order valence-electron chi connectivity index (χ0n) is 13.4. The Labute approximate surface area is 139 Å². The molecule has 1 aromatic carbocycles. The number of nitrogens with zero attached hydrogens (tertiary/aromatic N) is 5. The first-order valence-corrected chi connectivity index (χ1v) is 8.26. The fourth-order valence-electron chi connectivity index (χ4n) is 3.36. The summed E-state index contributed by atoms with van der Waals surface area (Å²) >= 11 is 0. The molecule has 0 N–H and O–H groups in total. The number of fused-ring (bicyclic) bond motifs is 1. The lowest BCUT2D eigenvalue weighted by Crippen LogP contribution is -2.36. The topological polar surface area (TPSA) is 63.9 Å². The summed E-state index contributed by atoms with van der Waals surface area (Å²) in [6, 6.07) is 9.63. The fraction of sp³-hybridized carbons (Fsp3) is 0.333. The molecule has 0 spiro atoms. The van der Waals surface area contributed by atoms with Gasteiger partial charge >= 0.3 is 0 Å². The van der Waals surface area contributed by atoms with Crippen molar-refractivity contribution < 1.29 is 0 Å². The van der Waals surface area contributed by atoms with E-state index in [2.05, 4.69) is 25.9 Å². The highest BCUT2D eigenvalue weighted by Gasteiger charge is 2.22. The monoisotopic (exact) mass is 321 g/mol. The van der Waals surface area contributed by atoms with Crippen LogP contribution < -0.4 is 10.5 Å². The highest BCUT2D eigenvalue weighted by atomic mass is 16.1. The van der Waals surface area contributed by atoms with Gasteiger partial charge < -0.3 is 4.90 Å². The molecule has 4 rings (SSSR count). The minimum absolute atomic E-state index is 0.0224. The number of piperidine rings is 1. The summed E-state index contributed by atoms with van der Waals surface area (Å²) in [7, 11) is 0.